The van der Waals surface area contributed by atoms with Gasteiger partial charge in [0.2, 0.25) is 10.0 Å². The number of sulfonamides is 1. The molecule has 1 fully saturated rings. The molecule has 0 aromatic heterocycles. The first kappa shape index (κ1) is 23.8. The number of fused-ring (bicyclic) bond motifs is 1. The van der Waals surface area contributed by atoms with Gasteiger partial charge in [0, 0.05) is 24.7 Å². The molecule has 1 saturated heterocycles. The molecule has 2 aromatic rings. The monoisotopic (exact) mass is 491 g/mol. The van der Waals surface area contributed by atoms with Gasteiger partial charge in [-0.25, -0.2) is 8.42 Å². The van der Waals surface area contributed by atoms with Crippen molar-refractivity contribution in [2.45, 2.75) is 17.7 Å². The van der Waals surface area contributed by atoms with Crippen molar-refractivity contribution in [2.75, 3.05) is 40.0 Å². The Morgan fingerprint density at radius 2 is 1.76 bits per heavy atom. The third-order valence-corrected chi connectivity index (χ3v) is 7.22. The molecule has 12 heteroatoms. The topological polar surface area (TPSA) is 132 Å². The highest BCUT2D eigenvalue weighted by Crippen LogP contribution is 2.34. The van der Waals surface area contributed by atoms with Gasteiger partial charge in [0.05, 0.1) is 25.2 Å². The summed E-state index contributed by atoms with van der Waals surface area (Å²) in [5.74, 6) is -0.343. The molecule has 0 aliphatic carbocycles. The number of carbonyl (C=O) groups is 2. The highest BCUT2D eigenvalue weighted by Gasteiger charge is 2.37. The van der Waals surface area contributed by atoms with Crippen LogP contribution < -0.4 is 24.8 Å². The average Bonchev–Trinajstić information content (AvgIpc) is 3.35. The predicted octanol–water partition coefficient (Wildman–Crippen LogP) is 0.246. The van der Waals surface area contributed by atoms with Crippen LogP contribution in [0.3, 0.4) is 0 Å². The molecular weight excluding hydrogens is 466 g/mol. The first-order chi connectivity index (χ1) is 16.4. The molecule has 2 aliphatic heterocycles. The molecule has 0 saturated carbocycles. The highest BCUT2D eigenvalue weighted by molar-refractivity contribution is 7.89. The van der Waals surface area contributed by atoms with Crippen LogP contribution in [0.4, 0.5) is 0 Å². The van der Waals surface area contributed by atoms with Gasteiger partial charge in [-0.1, -0.05) is 18.2 Å². The maximum atomic E-state index is 13.2. The molecular formula is C22H25N3O8S. The summed E-state index contributed by atoms with van der Waals surface area (Å²) < 4.78 is 49.1. The lowest BCUT2D eigenvalue weighted by Crippen LogP contribution is -2.47. The van der Waals surface area contributed by atoms with E-state index < -0.39 is 28.1 Å². The van der Waals surface area contributed by atoms with E-state index in [1.165, 1.54) is 19.2 Å². The summed E-state index contributed by atoms with van der Waals surface area (Å²) in [5.41, 5.74) is 0.710. The molecule has 0 bridgehead atoms. The van der Waals surface area contributed by atoms with Gasteiger partial charge in [-0.15, -0.1) is 0 Å². The molecule has 11 nitrogen and oxygen atoms in total. The van der Waals surface area contributed by atoms with Crippen LogP contribution in [0.25, 0.3) is 0 Å². The quantitative estimate of drug-likeness (QED) is 0.527. The zero-order valence-corrected chi connectivity index (χ0v) is 19.3. The highest BCUT2D eigenvalue weighted by atomic mass is 32.2. The second-order valence-corrected chi connectivity index (χ2v) is 9.34. The van der Waals surface area contributed by atoms with Gasteiger partial charge < -0.3 is 29.6 Å². The van der Waals surface area contributed by atoms with E-state index in [-0.39, 0.29) is 31.1 Å². The summed E-state index contributed by atoms with van der Waals surface area (Å²) in [5, 5.41) is 4.95. The minimum absolute atomic E-state index is 0.0214. The number of carbonyl (C=O) groups excluding carboxylic acids is 2. The minimum atomic E-state index is -3.94. The lowest BCUT2D eigenvalue weighted by atomic mass is 10.2. The van der Waals surface area contributed by atoms with Crippen molar-refractivity contribution < 1.29 is 37.0 Å². The van der Waals surface area contributed by atoms with Gasteiger partial charge in [-0.2, -0.15) is 4.31 Å². The molecule has 2 aromatic carbocycles. The molecule has 0 spiro atoms. The lowest BCUT2D eigenvalue weighted by molar-refractivity contribution is -0.139. The average molecular weight is 492 g/mol. The molecule has 2 aliphatic rings. The number of nitrogens with one attached hydrogen (secondary N) is 2. The van der Waals surface area contributed by atoms with Gasteiger partial charge in [-0.3, -0.25) is 9.59 Å². The Bertz CT molecular complexity index is 1170. The number of ether oxygens (including phenoxy) is 4. The predicted molar refractivity (Wildman–Crippen MR) is 119 cm³/mol. The molecule has 2 N–H and O–H groups in total. The van der Waals surface area contributed by atoms with Crippen molar-refractivity contribution in [1.29, 1.82) is 0 Å². The van der Waals surface area contributed by atoms with E-state index in [1.54, 1.807) is 30.3 Å². The zero-order chi connectivity index (χ0) is 24.1. The Balaban J connectivity index is 1.35. The number of nitrogens with zero attached hydrogens (tertiary/aromatic N) is 1. The van der Waals surface area contributed by atoms with Gasteiger partial charge in [0.25, 0.3) is 0 Å². The first-order valence-corrected chi connectivity index (χ1v) is 12.0. The second-order valence-electron chi connectivity index (χ2n) is 7.45. The molecule has 4 rings (SSSR count). The van der Waals surface area contributed by atoms with Crippen molar-refractivity contribution >= 4 is 21.8 Å². The SMILES string of the molecule is COc1ccccc1CNC(=O)C(=O)NC[C@H]1OCCN1S(=O)(=O)c1ccc2c(c1)OCCO2. The van der Waals surface area contributed by atoms with Crippen molar-refractivity contribution in [3.05, 3.63) is 48.0 Å². The third-order valence-electron chi connectivity index (χ3n) is 5.34. The van der Waals surface area contributed by atoms with Crippen LogP contribution in [0.1, 0.15) is 5.56 Å². The van der Waals surface area contributed by atoms with Gasteiger partial charge in [0.15, 0.2) is 11.5 Å². The van der Waals surface area contributed by atoms with E-state index in [2.05, 4.69) is 10.6 Å². The van der Waals surface area contributed by atoms with E-state index in [1.807, 2.05) is 0 Å². The van der Waals surface area contributed by atoms with E-state index in [0.29, 0.717) is 36.0 Å². The number of amides is 2. The molecule has 0 unspecified atom stereocenters. The van der Waals surface area contributed by atoms with E-state index in [4.69, 9.17) is 18.9 Å². The second kappa shape index (κ2) is 10.3. The van der Waals surface area contributed by atoms with Gasteiger partial charge >= 0.3 is 11.8 Å². The van der Waals surface area contributed by atoms with Crippen LogP contribution in [-0.2, 0) is 30.9 Å². The molecule has 2 amide bonds. The Labute approximate surface area is 197 Å². The number of hydrogen-bond acceptors (Lipinski definition) is 8. The van der Waals surface area contributed by atoms with Crippen LogP contribution in [0.5, 0.6) is 17.2 Å². The van der Waals surface area contributed by atoms with E-state index in [0.717, 1.165) is 4.31 Å². The number of hydrogen-bond donors (Lipinski definition) is 2. The Morgan fingerprint density at radius 3 is 2.56 bits per heavy atom. The third kappa shape index (κ3) is 5.08. The summed E-state index contributed by atoms with van der Waals surface area (Å²) in [6.07, 6.45) is -0.954. The largest absolute Gasteiger partial charge is 0.496 e. The van der Waals surface area contributed by atoms with Crippen molar-refractivity contribution in [2.24, 2.45) is 0 Å². The zero-order valence-electron chi connectivity index (χ0n) is 18.5. The molecule has 0 radical (unpaired) electrons. The summed E-state index contributed by atoms with van der Waals surface area (Å²) in [4.78, 5) is 24.5. The summed E-state index contributed by atoms with van der Waals surface area (Å²) in [6.45, 7) is 0.900. The van der Waals surface area contributed by atoms with Crippen LogP contribution in [0, 0.1) is 0 Å². The van der Waals surface area contributed by atoms with Crippen LogP contribution >= 0.6 is 0 Å². The minimum Gasteiger partial charge on any atom is -0.496 e. The van der Waals surface area contributed by atoms with Crippen LogP contribution in [0.15, 0.2) is 47.4 Å². The van der Waals surface area contributed by atoms with Gasteiger partial charge in [-0.05, 0) is 18.2 Å². The standard InChI is InChI=1S/C22H25N3O8S/c1-30-17-5-3-2-4-15(17)13-23-21(26)22(27)24-14-20-25(8-9-33-20)34(28,29)16-6-7-18-19(12-16)32-11-10-31-18/h2-7,12,20H,8-11,13-14H2,1H3,(H,23,26)(H,24,27)/t20-/m1/s1. The van der Waals surface area contributed by atoms with E-state index >= 15 is 0 Å². The van der Waals surface area contributed by atoms with Crippen molar-refractivity contribution in [1.82, 2.24) is 14.9 Å². The van der Waals surface area contributed by atoms with E-state index in [9.17, 15) is 18.0 Å². The van der Waals surface area contributed by atoms with Crippen LogP contribution in [0.2, 0.25) is 0 Å². The molecule has 34 heavy (non-hydrogen) atoms. The number of rotatable bonds is 7. The fourth-order valence-electron chi connectivity index (χ4n) is 3.63. The summed E-state index contributed by atoms with van der Waals surface area (Å²) >= 11 is 0. The van der Waals surface area contributed by atoms with Gasteiger partial charge in [0.1, 0.15) is 25.2 Å². The van der Waals surface area contributed by atoms with Crippen LogP contribution in [-0.4, -0.2) is 70.8 Å². The smallest absolute Gasteiger partial charge is 0.309 e. The normalized spacial score (nSPS) is 17.7. The Kier molecular flexibility index (Phi) is 7.20. The first-order valence-electron chi connectivity index (χ1n) is 10.6. The molecule has 2 heterocycles. The fraction of sp³-hybridized carbons (Fsp3) is 0.364. The van der Waals surface area contributed by atoms with Crippen molar-refractivity contribution in [3.63, 3.8) is 0 Å². The Hall–Kier alpha value is -3.35. The number of para-hydroxylation sites is 1. The molecule has 182 valence electrons. The lowest BCUT2D eigenvalue weighted by Gasteiger charge is -2.24. The maximum absolute atomic E-state index is 13.2. The Morgan fingerprint density at radius 1 is 1.03 bits per heavy atom. The molecule has 1 atom stereocenters. The summed E-state index contributed by atoms with van der Waals surface area (Å²) in [7, 11) is -2.42. The summed E-state index contributed by atoms with van der Waals surface area (Å²) in [6, 6.07) is 11.5. The number of methoxy groups -OCH3 is 1. The fourth-order valence-corrected chi connectivity index (χ4v) is 5.15. The number of benzene rings is 2. The van der Waals surface area contributed by atoms with Crippen molar-refractivity contribution in [3.8, 4) is 17.2 Å². The maximum Gasteiger partial charge on any atom is 0.309 e.